The van der Waals surface area contributed by atoms with Crippen LogP contribution in [0.15, 0.2) is 24.3 Å². The predicted octanol–water partition coefficient (Wildman–Crippen LogP) is 2.61. The second-order valence-electron chi connectivity index (χ2n) is 5.86. The Morgan fingerprint density at radius 1 is 1.33 bits per heavy atom. The van der Waals surface area contributed by atoms with E-state index in [1.54, 1.807) is 13.8 Å². The number of fused-ring (bicyclic) bond motifs is 1. The van der Waals surface area contributed by atoms with Crippen LogP contribution in [0.4, 0.5) is 5.69 Å². The Morgan fingerprint density at radius 3 is 2.75 bits per heavy atom. The number of anilines is 1. The lowest BCUT2D eigenvalue weighted by atomic mass is 10.1. The van der Waals surface area contributed by atoms with Crippen LogP contribution in [0, 0.1) is 0 Å². The number of carbonyl (C=O) groups is 3. The van der Waals surface area contributed by atoms with E-state index in [4.69, 9.17) is 4.74 Å². The highest BCUT2D eigenvalue weighted by molar-refractivity contribution is 8.01. The van der Waals surface area contributed by atoms with Crippen molar-refractivity contribution in [1.29, 1.82) is 0 Å². The smallest absolute Gasteiger partial charge is 0.313 e. The molecule has 0 saturated carbocycles. The van der Waals surface area contributed by atoms with Gasteiger partial charge in [-0.15, -0.1) is 11.8 Å². The summed E-state index contributed by atoms with van der Waals surface area (Å²) >= 11 is 1.27. The Labute approximate surface area is 146 Å². The third kappa shape index (κ3) is 4.38. The van der Waals surface area contributed by atoms with Gasteiger partial charge in [-0.1, -0.05) is 18.2 Å². The molecule has 0 saturated heterocycles. The molecule has 0 bridgehead atoms. The standard InChI is InChI=1S/C18H23NO4S/c1-4-23-17(21)10-15(20)11-24-13(3)18(22)19-12(2)9-14-7-5-6-8-16(14)19/h5-8,12-13H,4,9-11H2,1-3H3/t12-,13+/m1/s1. The molecule has 0 radical (unpaired) electrons. The van der Waals surface area contributed by atoms with E-state index in [2.05, 4.69) is 0 Å². The molecule has 0 N–H and O–H groups in total. The van der Waals surface area contributed by atoms with Gasteiger partial charge in [-0.2, -0.15) is 0 Å². The molecular weight excluding hydrogens is 326 g/mol. The van der Waals surface area contributed by atoms with Crippen LogP contribution in [0.3, 0.4) is 0 Å². The summed E-state index contributed by atoms with van der Waals surface area (Å²) in [6, 6.07) is 8.02. The lowest BCUT2D eigenvalue weighted by Crippen LogP contribution is -2.40. The van der Waals surface area contributed by atoms with Crippen LogP contribution in [-0.2, 0) is 25.5 Å². The first-order valence-electron chi connectivity index (χ1n) is 8.14. The van der Waals surface area contributed by atoms with Gasteiger partial charge in [-0.05, 0) is 38.8 Å². The minimum Gasteiger partial charge on any atom is -0.466 e. The molecule has 2 rings (SSSR count). The van der Waals surface area contributed by atoms with Crippen molar-refractivity contribution in [3.63, 3.8) is 0 Å². The van der Waals surface area contributed by atoms with Crippen LogP contribution < -0.4 is 4.90 Å². The Balaban J connectivity index is 1.91. The quantitative estimate of drug-likeness (QED) is 0.559. The monoisotopic (exact) mass is 349 g/mol. The topological polar surface area (TPSA) is 63.7 Å². The lowest BCUT2D eigenvalue weighted by molar-refractivity contribution is -0.145. The number of carbonyl (C=O) groups excluding carboxylic acids is 3. The fourth-order valence-corrected chi connectivity index (χ4v) is 3.60. The molecule has 0 spiro atoms. The largest absolute Gasteiger partial charge is 0.466 e. The van der Waals surface area contributed by atoms with Crippen LogP contribution in [0.2, 0.25) is 0 Å². The number of rotatable bonds is 7. The average Bonchev–Trinajstić information content (AvgIpc) is 2.87. The zero-order valence-corrected chi connectivity index (χ0v) is 15.1. The van der Waals surface area contributed by atoms with Crippen LogP contribution in [0.25, 0.3) is 0 Å². The molecule has 6 heteroatoms. The molecule has 5 nitrogen and oxygen atoms in total. The molecule has 0 aliphatic carbocycles. The van der Waals surface area contributed by atoms with E-state index in [1.807, 2.05) is 36.1 Å². The van der Waals surface area contributed by atoms with E-state index in [-0.39, 0.29) is 41.8 Å². The number of ether oxygens (including phenoxy) is 1. The van der Waals surface area contributed by atoms with Gasteiger partial charge in [0.2, 0.25) is 5.91 Å². The van der Waals surface area contributed by atoms with Gasteiger partial charge in [0.05, 0.1) is 17.6 Å². The second-order valence-corrected chi connectivity index (χ2v) is 7.19. The number of hydrogen-bond donors (Lipinski definition) is 0. The van der Waals surface area contributed by atoms with Crippen LogP contribution in [0.5, 0.6) is 0 Å². The molecule has 1 amide bonds. The van der Waals surface area contributed by atoms with Gasteiger partial charge in [0.1, 0.15) is 6.42 Å². The summed E-state index contributed by atoms with van der Waals surface area (Å²) in [5.41, 5.74) is 2.13. The molecular formula is C18H23NO4S. The summed E-state index contributed by atoms with van der Waals surface area (Å²) in [6.45, 7) is 5.80. The minimum atomic E-state index is -0.510. The number of benzene rings is 1. The summed E-state index contributed by atoms with van der Waals surface area (Å²) in [7, 11) is 0. The van der Waals surface area contributed by atoms with E-state index in [0.717, 1.165) is 12.1 Å². The summed E-state index contributed by atoms with van der Waals surface area (Å²) in [4.78, 5) is 37.7. The van der Waals surface area contributed by atoms with E-state index >= 15 is 0 Å². The molecule has 24 heavy (non-hydrogen) atoms. The van der Waals surface area contributed by atoms with Gasteiger partial charge in [0.15, 0.2) is 5.78 Å². The molecule has 1 heterocycles. The maximum Gasteiger partial charge on any atom is 0.313 e. The number of Topliss-reactive ketones (excluding diaryl/α,β-unsaturated/α-hetero) is 1. The van der Waals surface area contributed by atoms with Gasteiger partial charge in [-0.3, -0.25) is 14.4 Å². The number of nitrogens with zero attached hydrogens (tertiary/aromatic N) is 1. The molecule has 1 aliphatic rings. The second kappa shape index (κ2) is 8.33. The molecule has 1 aromatic carbocycles. The summed E-state index contributed by atoms with van der Waals surface area (Å²) < 4.78 is 4.76. The third-order valence-electron chi connectivity index (χ3n) is 3.93. The summed E-state index contributed by atoms with van der Waals surface area (Å²) in [5, 5.41) is -0.343. The predicted molar refractivity (Wildman–Crippen MR) is 95.3 cm³/mol. The SMILES string of the molecule is CCOC(=O)CC(=O)CS[C@@H](C)C(=O)N1c2ccccc2C[C@H]1C. The van der Waals surface area contributed by atoms with E-state index < -0.39 is 5.97 Å². The molecule has 2 atom stereocenters. The van der Waals surface area contributed by atoms with Crippen molar-refractivity contribution < 1.29 is 19.1 Å². The highest BCUT2D eigenvalue weighted by Crippen LogP contribution is 2.33. The first kappa shape index (κ1) is 18.5. The number of amides is 1. The first-order chi connectivity index (χ1) is 11.4. The van der Waals surface area contributed by atoms with Gasteiger partial charge < -0.3 is 9.64 Å². The molecule has 0 aromatic heterocycles. The van der Waals surface area contributed by atoms with Gasteiger partial charge in [-0.25, -0.2) is 0 Å². The number of thioether (sulfide) groups is 1. The minimum absolute atomic E-state index is 0.00128. The Kier molecular flexibility index (Phi) is 6.43. The maximum atomic E-state index is 12.8. The van der Waals surface area contributed by atoms with Crippen LogP contribution in [0.1, 0.15) is 32.8 Å². The molecule has 0 unspecified atom stereocenters. The molecule has 130 valence electrons. The Bertz CT molecular complexity index is 631. The highest BCUT2D eigenvalue weighted by Gasteiger charge is 2.33. The van der Waals surface area contributed by atoms with E-state index in [1.165, 1.54) is 17.3 Å². The maximum absolute atomic E-state index is 12.8. The number of ketones is 1. The molecule has 0 fully saturated rings. The van der Waals surface area contributed by atoms with Crippen molar-refractivity contribution in [2.24, 2.45) is 0 Å². The zero-order valence-electron chi connectivity index (χ0n) is 14.3. The number of esters is 1. The van der Waals surface area contributed by atoms with Crippen molar-refractivity contribution in [3.05, 3.63) is 29.8 Å². The van der Waals surface area contributed by atoms with Crippen molar-refractivity contribution in [1.82, 2.24) is 0 Å². The van der Waals surface area contributed by atoms with Crippen molar-refractivity contribution in [2.75, 3.05) is 17.3 Å². The fourth-order valence-electron chi connectivity index (χ4n) is 2.81. The Morgan fingerprint density at radius 2 is 2.04 bits per heavy atom. The van der Waals surface area contributed by atoms with Crippen LogP contribution >= 0.6 is 11.8 Å². The first-order valence-corrected chi connectivity index (χ1v) is 9.18. The summed E-state index contributed by atoms with van der Waals surface area (Å²) in [5.74, 6) is -0.589. The third-order valence-corrected chi connectivity index (χ3v) is 5.12. The normalized spacial score (nSPS) is 17.3. The lowest BCUT2D eigenvalue weighted by Gasteiger charge is -2.25. The number of hydrogen-bond acceptors (Lipinski definition) is 5. The Hall–Kier alpha value is -1.82. The zero-order chi connectivity index (χ0) is 17.7. The van der Waals surface area contributed by atoms with Crippen LogP contribution in [-0.4, -0.2) is 41.3 Å². The van der Waals surface area contributed by atoms with E-state index in [9.17, 15) is 14.4 Å². The fraction of sp³-hybridized carbons (Fsp3) is 0.500. The van der Waals surface area contributed by atoms with Gasteiger partial charge >= 0.3 is 5.97 Å². The van der Waals surface area contributed by atoms with Crippen molar-refractivity contribution >= 4 is 35.1 Å². The highest BCUT2D eigenvalue weighted by atomic mass is 32.2. The van der Waals surface area contributed by atoms with E-state index in [0.29, 0.717) is 0 Å². The molecule has 1 aromatic rings. The van der Waals surface area contributed by atoms with Crippen molar-refractivity contribution in [3.8, 4) is 0 Å². The summed E-state index contributed by atoms with van der Waals surface area (Å²) in [6.07, 6.45) is 0.617. The van der Waals surface area contributed by atoms with Gasteiger partial charge in [0, 0.05) is 11.7 Å². The average molecular weight is 349 g/mol. The number of para-hydroxylation sites is 1. The molecule has 1 aliphatic heterocycles. The van der Waals surface area contributed by atoms with Gasteiger partial charge in [0.25, 0.3) is 0 Å². The van der Waals surface area contributed by atoms with Crippen molar-refractivity contribution in [2.45, 2.75) is 44.9 Å².